The summed E-state index contributed by atoms with van der Waals surface area (Å²) < 4.78 is 0. The first kappa shape index (κ1) is 7.58. The molecule has 1 N–H and O–H groups in total. The zero-order valence-corrected chi connectivity index (χ0v) is 6.90. The van der Waals surface area contributed by atoms with E-state index < -0.39 is 0 Å². The van der Waals surface area contributed by atoms with Crippen molar-refractivity contribution in [3.05, 3.63) is 0 Å². The zero-order valence-electron chi connectivity index (χ0n) is 6.90. The second-order valence-corrected chi connectivity index (χ2v) is 4.00. The Morgan fingerprint density at radius 2 is 2.10 bits per heavy atom. The van der Waals surface area contributed by atoms with E-state index in [1.807, 2.05) is 0 Å². The van der Waals surface area contributed by atoms with E-state index in [1.54, 1.807) is 0 Å². The maximum Gasteiger partial charge on any atom is 0.223 e. The van der Waals surface area contributed by atoms with Crippen LogP contribution in [0.5, 0.6) is 0 Å². The molecule has 58 valence electrons. The van der Waals surface area contributed by atoms with Crippen LogP contribution in [-0.2, 0) is 4.79 Å². The van der Waals surface area contributed by atoms with E-state index >= 15 is 0 Å². The molecule has 10 heavy (non-hydrogen) atoms. The number of rotatable bonds is 0. The molecule has 1 fully saturated rings. The van der Waals surface area contributed by atoms with Crippen LogP contribution in [0.2, 0.25) is 0 Å². The summed E-state index contributed by atoms with van der Waals surface area (Å²) in [6.07, 6.45) is 1.00. The molecule has 0 aliphatic carbocycles. The lowest BCUT2D eigenvalue weighted by Gasteiger charge is -2.23. The molecule has 0 unspecified atom stereocenters. The molecule has 1 saturated heterocycles. The number of amides is 1. The third-order valence-electron chi connectivity index (χ3n) is 2.09. The highest BCUT2D eigenvalue weighted by Gasteiger charge is 2.34. The minimum absolute atomic E-state index is 0.139. The lowest BCUT2D eigenvalue weighted by Crippen LogP contribution is -2.28. The van der Waals surface area contributed by atoms with Gasteiger partial charge in [0.2, 0.25) is 5.91 Å². The van der Waals surface area contributed by atoms with Crippen molar-refractivity contribution in [1.82, 2.24) is 5.32 Å². The van der Waals surface area contributed by atoms with Crippen molar-refractivity contribution in [2.24, 2.45) is 11.3 Å². The van der Waals surface area contributed by atoms with Gasteiger partial charge in [-0.2, -0.15) is 0 Å². The largest absolute Gasteiger partial charge is 0.356 e. The number of nitrogens with one attached hydrogen (secondary N) is 1. The van der Waals surface area contributed by atoms with Crippen LogP contribution >= 0.6 is 0 Å². The van der Waals surface area contributed by atoms with Crippen molar-refractivity contribution in [2.75, 3.05) is 6.54 Å². The first-order valence-electron chi connectivity index (χ1n) is 3.79. The highest BCUT2D eigenvalue weighted by molar-refractivity contribution is 5.81. The van der Waals surface area contributed by atoms with Crippen LogP contribution in [0.4, 0.5) is 0 Å². The van der Waals surface area contributed by atoms with Gasteiger partial charge in [-0.1, -0.05) is 20.8 Å². The fraction of sp³-hybridized carbons (Fsp3) is 0.875. The third-order valence-corrected chi connectivity index (χ3v) is 2.09. The Bertz CT molecular complexity index is 146. The van der Waals surface area contributed by atoms with Crippen LogP contribution < -0.4 is 5.32 Å². The first-order chi connectivity index (χ1) is 4.52. The fourth-order valence-electron chi connectivity index (χ4n) is 1.42. The molecule has 0 spiro atoms. The smallest absolute Gasteiger partial charge is 0.223 e. The van der Waals surface area contributed by atoms with Gasteiger partial charge in [-0.25, -0.2) is 0 Å². The monoisotopic (exact) mass is 141 g/mol. The van der Waals surface area contributed by atoms with E-state index in [0.717, 1.165) is 13.0 Å². The van der Waals surface area contributed by atoms with Gasteiger partial charge in [0.25, 0.3) is 0 Å². The standard InChI is InChI=1S/C8H15NO/c1-8(2,3)6-4-5-9-7(6)10/h6H,4-5H2,1-3H3,(H,9,10)/t6-/m0/s1. The minimum atomic E-state index is 0.139. The van der Waals surface area contributed by atoms with Crippen molar-refractivity contribution in [3.63, 3.8) is 0 Å². The Balaban J connectivity index is 2.64. The molecule has 0 aromatic heterocycles. The van der Waals surface area contributed by atoms with E-state index in [2.05, 4.69) is 26.1 Å². The number of carbonyl (C=O) groups is 1. The van der Waals surface area contributed by atoms with Crippen LogP contribution in [0.25, 0.3) is 0 Å². The second-order valence-electron chi connectivity index (χ2n) is 4.00. The molecular weight excluding hydrogens is 126 g/mol. The fourth-order valence-corrected chi connectivity index (χ4v) is 1.42. The summed E-state index contributed by atoms with van der Waals surface area (Å²) >= 11 is 0. The van der Waals surface area contributed by atoms with Gasteiger partial charge in [0.15, 0.2) is 0 Å². The molecular formula is C8H15NO. The van der Waals surface area contributed by atoms with Crippen molar-refractivity contribution < 1.29 is 4.79 Å². The van der Waals surface area contributed by atoms with Gasteiger partial charge < -0.3 is 5.32 Å². The predicted molar refractivity (Wildman–Crippen MR) is 40.6 cm³/mol. The van der Waals surface area contributed by atoms with Gasteiger partial charge in [0.1, 0.15) is 0 Å². The highest BCUT2D eigenvalue weighted by atomic mass is 16.2. The lowest BCUT2D eigenvalue weighted by molar-refractivity contribution is -0.125. The Hall–Kier alpha value is -0.530. The topological polar surface area (TPSA) is 29.1 Å². The van der Waals surface area contributed by atoms with Crippen molar-refractivity contribution in [1.29, 1.82) is 0 Å². The van der Waals surface area contributed by atoms with Crippen LogP contribution in [0, 0.1) is 11.3 Å². The summed E-state index contributed by atoms with van der Waals surface area (Å²) in [6, 6.07) is 0. The molecule has 0 bridgehead atoms. The summed E-state index contributed by atoms with van der Waals surface area (Å²) in [5.74, 6) is 0.458. The Kier molecular flexibility index (Phi) is 1.71. The van der Waals surface area contributed by atoms with Crippen LogP contribution in [-0.4, -0.2) is 12.5 Å². The predicted octanol–water partition coefficient (Wildman–Crippen LogP) is 1.17. The molecule has 1 heterocycles. The average Bonchev–Trinajstić information content (AvgIpc) is 2.11. The summed E-state index contributed by atoms with van der Waals surface area (Å²) in [5, 5.41) is 2.84. The van der Waals surface area contributed by atoms with Gasteiger partial charge in [-0.05, 0) is 11.8 Å². The summed E-state index contributed by atoms with van der Waals surface area (Å²) in [6.45, 7) is 7.20. The molecule has 0 aromatic rings. The molecule has 2 nitrogen and oxygen atoms in total. The van der Waals surface area contributed by atoms with Gasteiger partial charge >= 0.3 is 0 Å². The van der Waals surface area contributed by atoms with E-state index in [-0.39, 0.29) is 17.2 Å². The number of hydrogen-bond donors (Lipinski definition) is 1. The van der Waals surface area contributed by atoms with Gasteiger partial charge in [-0.3, -0.25) is 4.79 Å². The zero-order chi connectivity index (χ0) is 7.78. The SMILES string of the molecule is CC(C)(C)[C@H]1CCNC1=O. The number of carbonyl (C=O) groups excluding carboxylic acids is 1. The average molecular weight is 141 g/mol. The highest BCUT2D eigenvalue weighted by Crippen LogP contribution is 2.30. The maximum atomic E-state index is 11.1. The summed E-state index contributed by atoms with van der Waals surface area (Å²) in [4.78, 5) is 11.1. The Labute approximate surface area is 62.0 Å². The normalized spacial score (nSPS) is 26.7. The molecule has 1 atom stereocenters. The van der Waals surface area contributed by atoms with Gasteiger partial charge in [0, 0.05) is 12.5 Å². The minimum Gasteiger partial charge on any atom is -0.356 e. The molecule has 1 rings (SSSR count). The second kappa shape index (κ2) is 2.26. The number of hydrogen-bond acceptors (Lipinski definition) is 1. The molecule has 0 saturated carbocycles. The van der Waals surface area contributed by atoms with E-state index in [0.29, 0.717) is 0 Å². The molecule has 2 heteroatoms. The van der Waals surface area contributed by atoms with Gasteiger partial charge in [0.05, 0.1) is 0 Å². The van der Waals surface area contributed by atoms with Crippen molar-refractivity contribution in [2.45, 2.75) is 27.2 Å². The first-order valence-corrected chi connectivity index (χ1v) is 3.79. The van der Waals surface area contributed by atoms with Crippen LogP contribution in [0.1, 0.15) is 27.2 Å². The van der Waals surface area contributed by atoms with E-state index in [1.165, 1.54) is 0 Å². The molecule has 1 aliphatic rings. The van der Waals surface area contributed by atoms with Crippen molar-refractivity contribution >= 4 is 5.91 Å². The quantitative estimate of drug-likeness (QED) is 0.539. The Morgan fingerprint density at radius 3 is 2.30 bits per heavy atom. The Morgan fingerprint density at radius 1 is 1.50 bits per heavy atom. The molecule has 0 aromatic carbocycles. The van der Waals surface area contributed by atoms with E-state index in [4.69, 9.17) is 0 Å². The third kappa shape index (κ3) is 1.31. The van der Waals surface area contributed by atoms with Crippen LogP contribution in [0.15, 0.2) is 0 Å². The maximum absolute atomic E-state index is 11.1. The molecule has 1 aliphatic heterocycles. The van der Waals surface area contributed by atoms with E-state index in [9.17, 15) is 4.79 Å². The summed E-state index contributed by atoms with van der Waals surface area (Å²) in [7, 11) is 0. The molecule has 0 radical (unpaired) electrons. The lowest BCUT2D eigenvalue weighted by atomic mass is 9.80. The van der Waals surface area contributed by atoms with Gasteiger partial charge in [-0.15, -0.1) is 0 Å². The summed E-state index contributed by atoms with van der Waals surface area (Å²) in [5.41, 5.74) is 0.139. The van der Waals surface area contributed by atoms with Crippen LogP contribution in [0.3, 0.4) is 0 Å². The molecule has 1 amide bonds. The van der Waals surface area contributed by atoms with Crippen molar-refractivity contribution in [3.8, 4) is 0 Å².